The summed E-state index contributed by atoms with van der Waals surface area (Å²) < 4.78 is 99.3. The molecule has 0 N–H and O–H groups in total. The number of benzene rings is 2. The number of halogens is 3. The number of hydrogen-bond donors (Lipinski definition) is 0. The average molecular weight is 730 g/mol. The summed E-state index contributed by atoms with van der Waals surface area (Å²) in [6, 6.07) is 9.49. The average Bonchev–Trinajstić information content (AvgIpc) is 2.98. The third kappa shape index (κ3) is 10.3. The number of rotatable bonds is 12. The second-order valence-corrected chi connectivity index (χ2v) is 12.8. The molecule has 1 saturated heterocycles. The molecule has 2 aromatic rings. The molecule has 272 valence electrons. The maximum Gasteiger partial charge on any atom is 0.534 e. The lowest BCUT2D eigenvalue weighted by Crippen LogP contribution is -2.59. The van der Waals surface area contributed by atoms with Crippen molar-refractivity contribution < 1.29 is 73.4 Å². The van der Waals surface area contributed by atoms with E-state index in [-0.39, 0.29) is 23.3 Å². The van der Waals surface area contributed by atoms with Crippen LogP contribution in [0.5, 0.6) is 11.5 Å². The van der Waals surface area contributed by atoms with Crippen LogP contribution in [0.2, 0.25) is 0 Å². The minimum atomic E-state index is -5.91. The highest BCUT2D eigenvalue weighted by Gasteiger charge is 2.53. The number of nitriles is 1. The number of carbonyl (C=O) groups excluding carboxylic acids is 4. The fourth-order valence-corrected chi connectivity index (χ4v) is 5.47. The number of alkyl halides is 3. The van der Waals surface area contributed by atoms with E-state index in [4.69, 9.17) is 28.4 Å². The topological polar surface area (TPSA) is 191 Å². The molecule has 0 aromatic heterocycles. The van der Waals surface area contributed by atoms with Gasteiger partial charge in [0, 0.05) is 33.3 Å². The SMILES string of the molecule is CC(=O)OCC1O[C@@H](c2cc(Cc3ccc(OS(=O)(=O)C(F)(F)F)cc3)c(C#N)cc2OC(C)C)[C@H](OC(C)=O)[C@@H](OC(C)=O)[C@@H]1OC(C)=O. The van der Waals surface area contributed by atoms with Gasteiger partial charge >= 0.3 is 39.5 Å². The number of hydrogen-bond acceptors (Lipinski definition) is 14. The van der Waals surface area contributed by atoms with Crippen LogP contribution in [-0.2, 0) is 59.4 Å². The van der Waals surface area contributed by atoms with E-state index in [1.807, 2.05) is 6.07 Å². The van der Waals surface area contributed by atoms with E-state index < -0.39 is 88.5 Å². The van der Waals surface area contributed by atoms with Gasteiger partial charge in [0.2, 0.25) is 0 Å². The van der Waals surface area contributed by atoms with Crippen molar-refractivity contribution in [1.82, 2.24) is 0 Å². The van der Waals surface area contributed by atoms with Crippen LogP contribution in [0.15, 0.2) is 36.4 Å². The minimum absolute atomic E-state index is 0.0462. The van der Waals surface area contributed by atoms with Gasteiger partial charge in [-0.15, -0.1) is 0 Å². The van der Waals surface area contributed by atoms with E-state index in [1.165, 1.54) is 24.3 Å². The predicted octanol–water partition coefficient (Wildman–Crippen LogP) is 3.96. The van der Waals surface area contributed by atoms with Gasteiger partial charge < -0.3 is 32.6 Å². The van der Waals surface area contributed by atoms with Crippen molar-refractivity contribution in [2.45, 2.75) is 90.1 Å². The van der Waals surface area contributed by atoms with Crippen LogP contribution >= 0.6 is 0 Å². The minimum Gasteiger partial charge on any atom is -0.491 e. The molecule has 50 heavy (non-hydrogen) atoms. The van der Waals surface area contributed by atoms with Crippen LogP contribution in [0.3, 0.4) is 0 Å². The van der Waals surface area contributed by atoms with Crippen molar-refractivity contribution in [2.75, 3.05) is 6.61 Å². The lowest BCUT2D eigenvalue weighted by Gasteiger charge is -2.45. The Morgan fingerprint density at radius 2 is 1.44 bits per heavy atom. The van der Waals surface area contributed by atoms with Gasteiger partial charge in [0.05, 0.1) is 17.7 Å². The molecule has 1 aliphatic rings. The molecular formula is C32H34F3NO13S. The van der Waals surface area contributed by atoms with Gasteiger partial charge in [-0.3, -0.25) is 19.2 Å². The molecule has 1 heterocycles. The maximum atomic E-state index is 12.8. The first-order valence-corrected chi connectivity index (χ1v) is 16.3. The molecule has 14 nitrogen and oxygen atoms in total. The Kier molecular flexibility index (Phi) is 12.8. The lowest BCUT2D eigenvalue weighted by atomic mass is 9.87. The van der Waals surface area contributed by atoms with E-state index in [0.29, 0.717) is 11.1 Å². The van der Waals surface area contributed by atoms with Crippen LogP contribution in [0.4, 0.5) is 13.2 Å². The highest BCUT2D eigenvalue weighted by Crippen LogP contribution is 2.42. The summed E-state index contributed by atoms with van der Waals surface area (Å²) in [5, 5.41) is 10.0. The second-order valence-electron chi connectivity index (χ2n) is 11.2. The maximum absolute atomic E-state index is 12.8. The molecule has 1 fully saturated rings. The van der Waals surface area contributed by atoms with Crippen LogP contribution in [0, 0.1) is 11.3 Å². The van der Waals surface area contributed by atoms with Gasteiger partial charge in [-0.05, 0) is 55.7 Å². The van der Waals surface area contributed by atoms with Crippen LogP contribution in [0.25, 0.3) is 0 Å². The standard InChI is InChI=1S/C32H34F3NO13S/c1-16(2)44-26-13-23(14-36)22(11-21-7-9-24(10-8-21)49-50(41,42)32(33,34)35)12-25(26)28-30(46-19(5)39)31(47-20(6)40)29(45-18(4)38)27(48-28)15-43-17(3)37/h7-10,12-13,16,27-31H,11,15H2,1-6H3/t27?,28-,29+,30-,31-/m0/s1. The molecule has 1 unspecified atom stereocenters. The third-order valence-corrected chi connectivity index (χ3v) is 7.80. The normalized spacial score (nSPS) is 20.6. The highest BCUT2D eigenvalue weighted by molar-refractivity contribution is 7.88. The van der Waals surface area contributed by atoms with Gasteiger partial charge in [-0.2, -0.15) is 26.9 Å². The summed E-state index contributed by atoms with van der Waals surface area (Å²) >= 11 is 0. The molecule has 0 amide bonds. The van der Waals surface area contributed by atoms with Crippen molar-refractivity contribution in [2.24, 2.45) is 0 Å². The van der Waals surface area contributed by atoms with E-state index in [1.54, 1.807) is 13.8 Å². The van der Waals surface area contributed by atoms with E-state index in [2.05, 4.69) is 4.18 Å². The zero-order valence-electron chi connectivity index (χ0n) is 27.6. The van der Waals surface area contributed by atoms with Gasteiger partial charge in [0.25, 0.3) is 0 Å². The van der Waals surface area contributed by atoms with Crippen molar-refractivity contribution in [3.63, 3.8) is 0 Å². The fourth-order valence-electron chi connectivity index (χ4n) is 5.01. The van der Waals surface area contributed by atoms with Crippen molar-refractivity contribution in [1.29, 1.82) is 5.26 Å². The van der Waals surface area contributed by atoms with Gasteiger partial charge in [0.15, 0.2) is 18.3 Å². The summed E-state index contributed by atoms with van der Waals surface area (Å²) in [6.07, 6.45) is -7.57. The Morgan fingerprint density at radius 1 is 0.880 bits per heavy atom. The molecule has 0 bridgehead atoms. The monoisotopic (exact) mass is 729 g/mol. The highest BCUT2D eigenvalue weighted by atomic mass is 32.2. The molecular weight excluding hydrogens is 695 g/mol. The summed E-state index contributed by atoms with van der Waals surface area (Å²) in [6.45, 7) is 7.26. The van der Waals surface area contributed by atoms with Crippen LogP contribution in [0.1, 0.15) is 69.9 Å². The molecule has 5 atom stereocenters. The van der Waals surface area contributed by atoms with Crippen molar-refractivity contribution >= 4 is 34.0 Å². The summed E-state index contributed by atoms with van der Waals surface area (Å²) in [5.74, 6) is -3.73. The van der Waals surface area contributed by atoms with E-state index in [9.17, 15) is 46.0 Å². The molecule has 1 aliphatic heterocycles. The second kappa shape index (κ2) is 16.2. The zero-order chi connectivity index (χ0) is 37.6. The van der Waals surface area contributed by atoms with Gasteiger partial charge in [-0.1, -0.05) is 12.1 Å². The van der Waals surface area contributed by atoms with Crippen molar-refractivity contribution in [3.05, 3.63) is 58.7 Å². The first-order valence-electron chi connectivity index (χ1n) is 14.9. The fraction of sp³-hybridized carbons (Fsp3) is 0.469. The first-order chi connectivity index (χ1) is 23.2. The van der Waals surface area contributed by atoms with E-state index >= 15 is 0 Å². The molecule has 3 rings (SSSR count). The van der Waals surface area contributed by atoms with Crippen molar-refractivity contribution in [3.8, 4) is 17.6 Å². The Morgan fingerprint density at radius 3 is 1.94 bits per heavy atom. The largest absolute Gasteiger partial charge is 0.534 e. The molecule has 0 aliphatic carbocycles. The Labute approximate surface area is 285 Å². The molecule has 0 radical (unpaired) electrons. The molecule has 18 heteroatoms. The zero-order valence-corrected chi connectivity index (χ0v) is 28.5. The summed E-state index contributed by atoms with van der Waals surface area (Å²) in [7, 11) is -5.91. The Balaban J connectivity index is 2.19. The summed E-state index contributed by atoms with van der Waals surface area (Å²) in [5.41, 5.74) is -4.67. The predicted molar refractivity (Wildman–Crippen MR) is 163 cm³/mol. The van der Waals surface area contributed by atoms with Crippen LogP contribution < -0.4 is 8.92 Å². The smallest absolute Gasteiger partial charge is 0.491 e. The number of carbonyl (C=O) groups is 4. The van der Waals surface area contributed by atoms with Crippen LogP contribution in [-0.4, -0.2) is 74.9 Å². The molecule has 2 aromatic carbocycles. The van der Waals surface area contributed by atoms with Gasteiger partial charge in [0.1, 0.15) is 30.3 Å². The van der Waals surface area contributed by atoms with E-state index in [0.717, 1.165) is 39.8 Å². The van der Waals surface area contributed by atoms with Gasteiger partial charge in [-0.25, -0.2) is 0 Å². The quantitative estimate of drug-likeness (QED) is 0.132. The lowest BCUT2D eigenvalue weighted by molar-refractivity contribution is -0.254. The third-order valence-electron chi connectivity index (χ3n) is 6.82. The number of esters is 4. The number of nitrogens with zero attached hydrogens (tertiary/aromatic N) is 1. The Hall–Kier alpha value is -4.89. The Bertz CT molecular complexity index is 1740. The summed E-state index contributed by atoms with van der Waals surface area (Å²) in [4.78, 5) is 48.6. The molecule has 0 spiro atoms. The molecule has 0 saturated carbocycles. The first kappa shape index (κ1) is 39.5. The number of ether oxygens (including phenoxy) is 6.